The number of hydrogen-bond acceptors (Lipinski definition) is 3. The van der Waals surface area contributed by atoms with Gasteiger partial charge in [0.25, 0.3) is 0 Å². The maximum absolute atomic E-state index is 4.30. The molecule has 0 aliphatic rings. The van der Waals surface area contributed by atoms with Crippen LogP contribution < -0.4 is 10.6 Å². The summed E-state index contributed by atoms with van der Waals surface area (Å²) in [6.07, 6.45) is 2.15. The molecule has 0 radical (unpaired) electrons. The maximum atomic E-state index is 4.30. The van der Waals surface area contributed by atoms with Gasteiger partial charge in [-0.25, -0.2) is 0 Å². The molecule has 7 heteroatoms. The molecule has 0 saturated heterocycles. The van der Waals surface area contributed by atoms with Gasteiger partial charge in [0.1, 0.15) is 5.82 Å². The third-order valence-corrected chi connectivity index (χ3v) is 4.86. The van der Waals surface area contributed by atoms with Crippen LogP contribution in [0, 0.1) is 12.8 Å². The first-order chi connectivity index (χ1) is 12.0. The molecule has 0 aliphatic heterocycles. The quantitative estimate of drug-likeness (QED) is 0.547. The lowest BCUT2D eigenvalue weighted by atomic mass is 9.97. The monoisotopic (exact) mass is 406 g/mol. The Hall–Kier alpha value is -1.89. The summed E-state index contributed by atoms with van der Waals surface area (Å²) in [6.45, 7) is 5.64. The third kappa shape index (κ3) is 5.85. The molecule has 0 spiro atoms. The van der Waals surface area contributed by atoms with Crippen molar-refractivity contribution in [1.29, 1.82) is 0 Å². The number of aliphatic imine (C=N–C) groups is 1. The summed E-state index contributed by atoms with van der Waals surface area (Å²) < 4.78 is 3.10. The average molecular weight is 407 g/mol. The van der Waals surface area contributed by atoms with Gasteiger partial charge in [-0.15, -0.1) is 10.2 Å². The van der Waals surface area contributed by atoms with Crippen LogP contribution in [0.4, 0.5) is 0 Å². The predicted octanol–water partition coefficient (Wildman–Crippen LogP) is 2.82. The third-order valence-electron chi connectivity index (χ3n) is 4.37. The Morgan fingerprint density at radius 1 is 1.32 bits per heavy atom. The zero-order chi connectivity index (χ0) is 18.2. The molecule has 1 aromatic heterocycles. The maximum Gasteiger partial charge on any atom is 0.191 e. The number of aryl methyl sites for hydroxylation is 1. The van der Waals surface area contributed by atoms with Crippen molar-refractivity contribution in [3.05, 3.63) is 46.0 Å². The highest BCUT2D eigenvalue weighted by Gasteiger charge is 2.10. The number of rotatable bonds is 7. The fourth-order valence-electron chi connectivity index (χ4n) is 2.59. The summed E-state index contributed by atoms with van der Waals surface area (Å²) in [5.74, 6) is 3.12. The van der Waals surface area contributed by atoms with Crippen molar-refractivity contribution in [2.45, 2.75) is 33.2 Å². The van der Waals surface area contributed by atoms with Crippen molar-refractivity contribution in [2.24, 2.45) is 18.0 Å². The Bertz CT molecular complexity index is 709. The minimum Gasteiger partial charge on any atom is -0.356 e. The van der Waals surface area contributed by atoms with Crippen LogP contribution in [0.5, 0.6) is 0 Å². The summed E-state index contributed by atoms with van der Waals surface area (Å²) >= 11 is 3.54. The SMILES string of the molecule is CCC(CNC(=NC)NCc1nnc(C)n1C)Cc1cccc(Br)c1. The number of hydrogen-bond donors (Lipinski definition) is 2. The normalized spacial score (nSPS) is 12.9. The molecule has 1 atom stereocenters. The Labute approximate surface area is 158 Å². The number of guanidine groups is 1. The first-order valence-corrected chi connectivity index (χ1v) is 9.36. The second-order valence-electron chi connectivity index (χ2n) is 6.14. The molecule has 0 saturated carbocycles. The van der Waals surface area contributed by atoms with E-state index in [4.69, 9.17) is 0 Å². The van der Waals surface area contributed by atoms with E-state index in [-0.39, 0.29) is 0 Å². The van der Waals surface area contributed by atoms with Gasteiger partial charge in [-0.05, 0) is 37.0 Å². The predicted molar refractivity (Wildman–Crippen MR) is 106 cm³/mol. The number of halogens is 1. The van der Waals surface area contributed by atoms with Crippen molar-refractivity contribution in [2.75, 3.05) is 13.6 Å². The van der Waals surface area contributed by atoms with Crippen LogP contribution in [0.15, 0.2) is 33.7 Å². The lowest BCUT2D eigenvalue weighted by Crippen LogP contribution is -2.40. The number of benzene rings is 1. The molecular formula is C18H27BrN6. The van der Waals surface area contributed by atoms with Crippen molar-refractivity contribution in [3.63, 3.8) is 0 Å². The highest BCUT2D eigenvalue weighted by molar-refractivity contribution is 9.10. The van der Waals surface area contributed by atoms with E-state index >= 15 is 0 Å². The molecule has 2 aromatic rings. The lowest BCUT2D eigenvalue weighted by molar-refractivity contribution is 0.493. The molecule has 2 N–H and O–H groups in total. The van der Waals surface area contributed by atoms with E-state index in [0.29, 0.717) is 12.5 Å². The van der Waals surface area contributed by atoms with Crippen LogP contribution in [0.3, 0.4) is 0 Å². The van der Waals surface area contributed by atoms with Crippen LogP contribution in [0.2, 0.25) is 0 Å². The molecule has 0 bridgehead atoms. The molecule has 1 heterocycles. The highest BCUT2D eigenvalue weighted by Crippen LogP contribution is 2.16. The van der Waals surface area contributed by atoms with Gasteiger partial charge < -0.3 is 15.2 Å². The summed E-state index contributed by atoms with van der Waals surface area (Å²) in [7, 11) is 3.75. The van der Waals surface area contributed by atoms with E-state index in [1.54, 1.807) is 7.05 Å². The van der Waals surface area contributed by atoms with Gasteiger partial charge in [0.15, 0.2) is 11.8 Å². The topological polar surface area (TPSA) is 67.1 Å². The minimum absolute atomic E-state index is 0.546. The smallest absolute Gasteiger partial charge is 0.191 e. The summed E-state index contributed by atoms with van der Waals surface area (Å²) in [5.41, 5.74) is 1.35. The largest absolute Gasteiger partial charge is 0.356 e. The molecule has 0 amide bonds. The van der Waals surface area contributed by atoms with E-state index in [2.05, 4.69) is 72.9 Å². The Kier molecular flexibility index (Phi) is 7.43. The molecule has 1 aromatic carbocycles. The molecule has 0 aliphatic carbocycles. The van der Waals surface area contributed by atoms with Gasteiger partial charge in [0.05, 0.1) is 6.54 Å². The van der Waals surface area contributed by atoms with E-state index < -0.39 is 0 Å². The van der Waals surface area contributed by atoms with Crippen molar-refractivity contribution in [3.8, 4) is 0 Å². The van der Waals surface area contributed by atoms with Crippen LogP contribution in [0.25, 0.3) is 0 Å². The van der Waals surface area contributed by atoms with E-state index in [1.165, 1.54) is 5.56 Å². The second-order valence-corrected chi connectivity index (χ2v) is 7.05. The zero-order valence-corrected chi connectivity index (χ0v) is 17.0. The van der Waals surface area contributed by atoms with Gasteiger partial charge >= 0.3 is 0 Å². The van der Waals surface area contributed by atoms with E-state index in [9.17, 15) is 0 Å². The Morgan fingerprint density at radius 3 is 2.72 bits per heavy atom. The minimum atomic E-state index is 0.546. The molecule has 6 nitrogen and oxygen atoms in total. The molecule has 136 valence electrons. The molecule has 2 rings (SSSR count). The zero-order valence-electron chi connectivity index (χ0n) is 15.4. The Balaban J connectivity index is 1.84. The van der Waals surface area contributed by atoms with Crippen LogP contribution >= 0.6 is 15.9 Å². The summed E-state index contributed by atoms with van der Waals surface area (Å²) in [4.78, 5) is 4.30. The average Bonchev–Trinajstić information content (AvgIpc) is 2.92. The first-order valence-electron chi connectivity index (χ1n) is 8.57. The molecule has 0 fully saturated rings. The van der Waals surface area contributed by atoms with Gasteiger partial charge in [-0.2, -0.15) is 0 Å². The van der Waals surface area contributed by atoms with Crippen LogP contribution in [-0.2, 0) is 20.0 Å². The number of aromatic nitrogens is 3. The van der Waals surface area contributed by atoms with Crippen molar-refractivity contribution >= 4 is 21.9 Å². The van der Waals surface area contributed by atoms with E-state index in [0.717, 1.165) is 41.5 Å². The molecule has 1 unspecified atom stereocenters. The number of nitrogens with zero attached hydrogens (tertiary/aromatic N) is 4. The van der Waals surface area contributed by atoms with Gasteiger partial charge in [-0.1, -0.05) is 41.4 Å². The van der Waals surface area contributed by atoms with Gasteiger partial charge in [0.2, 0.25) is 0 Å². The van der Waals surface area contributed by atoms with Crippen LogP contribution in [0.1, 0.15) is 30.6 Å². The fourth-order valence-corrected chi connectivity index (χ4v) is 3.03. The molecule has 25 heavy (non-hydrogen) atoms. The lowest BCUT2D eigenvalue weighted by Gasteiger charge is -2.18. The summed E-state index contributed by atoms with van der Waals surface area (Å²) in [6, 6.07) is 8.51. The van der Waals surface area contributed by atoms with Crippen LogP contribution in [-0.4, -0.2) is 34.3 Å². The molecular weight excluding hydrogens is 380 g/mol. The second kappa shape index (κ2) is 9.56. The Morgan fingerprint density at radius 2 is 2.12 bits per heavy atom. The standard InChI is InChI=1S/C18H27BrN6/c1-5-14(9-15-7-6-8-16(19)10-15)11-21-18(20-3)22-12-17-24-23-13(2)25(17)4/h6-8,10,14H,5,9,11-12H2,1-4H3,(H2,20,21,22). The van der Waals surface area contributed by atoms with E-state index in [1.807, 2.05) is 18.5 Å². The van der Waals surface area contributed by atoms with Crippen molar-refractivity contribution in [1.82, 2.24) is 25.4 Å². The van der Waals surface area contributed by atoms with Gasteiger partial charge in [-0.3, -0.25) is 4.99 Å². The van der Waals surface area contributed by atoms with Gasteiger partial charge in [0, 0.05) is 25.1 Å². The fraction of sp³-hybridized carbons (Fsp3) is 0.500. The number of nitrogens with one attached hydrogen (secondary N) is 2. The van der Waals surface area contributed by atoms with Crippen molar-refractivity contribution < 1.29 is 0 Å². The first kappa shape index (κ1) is 19.4. The highest BCUT2D eigenvalue weighted by atomic mass is 79.9. The summed E-state index contributed by atoms with van der Waals surface area (Å²) in [5, 5.41) is 15.0.